The van der Waals surface area contributed by atoms with Gasteiger partial charge in [-0.1, -0.05) is 6.07 Å². The number of hydrogen-bond acceptors (Lipinski definition) is 8. The minimum Gasteiger partial charge on any atom is -0.494 e. The molecule has 1 atom stereocenters. The molecule has 204 valence electrons. The second kappa shape index (κ2) is 10.2. The summed E-state index contributed by atoms with van der Waals surface area (Å²) in [5, 5.41) is 0. The standard InChI is InChI=1S/C29H28F2N8O/c1-40-25-14-21(30)20(13-22(25)31)23-12-18(11-19-15-37-28-27(32)35-8-10-39(19)28)24(16-36-23)38-9-4-6-29(33,17-38)26-5-2-3-7-34-26/h2-3,5,7-8,10,12-16H,4,6,9,11,17,33H2,1H3,(H2,32,35). The van der Waals surface area contributed by atoms with Gasteiger partial charge in [0.1, 0.15) is 5.82 Å². The highest BCUT2D eigenvalue weighted by molar-refractivity contribution is 5.67. The third-order valence-corrected chi connectivity index (χ3v) is 7.43. The van der Waals surface area contributed by atoms with Crippen LogP contribution in [0.3, 0.4) is 0 Å². The third kappa shape index (κ3) is 4.58. The zero-order valence-electron chi connectivity index (χ0n) is 21.9. The number of imidazole rings is 1. The second-order valence-electron chi connectivity index (χ2n) is 9.99. The number of fused-ring (bicyclic) bond motifs is 1. The Bertz CT molecular complexity index is 1690. The predicted octanol–water partition coefficient (Wildman–Crippen LogP) is 4.10. The molecule has 4 N–H and O–H groups in total. The number of nitrogens with two attached hydrogens (primary N) is 2. The van der Waals surface area contributed by atoms with Crippen LogP contribution < -0.4 is 21.1 Å². The Balaban J connectivity index is 1.44. The summed E-state index contributed by atoms with van der Waals surface area (Å²) >= 11 is 0. The molecule has 0 bridgehead atoms. The molecule has 40 heavy (non-hydrogen) atoms. The smallest absolute Gasteiger partial charge is 0.180 e. The Morgan fingerprint density at radius 1 is 1.02 bits per heavy atom. The van der Waals surface area contributed by atoms with Crippen LogP contribution in [-0.4, -0.2) is 44.5 Å². The van der Waals surface area contributed by atoms with Crippen molar-refractivity contribution in [3.8, 4) is 17.0 Å². The Hall–Kier alpha value is -4.64. The SMILES string of the molecule is COc1cc(F)c(-c2cc(Cc3cnc4c(N)nccn34)c(N3CCCC(N)(c4ccccn4)C3)cn2)cc1F. The number of anilines is 2. The minimum absolute atomic E-state index is 0.0398. The Labute approximate surface area is 229 Å². The number of piperidine rings is 1. The second-order valence-corrected chi connectivity index (χ2v) is 9.99. The lowest BCUT2D eigenvalue weighted by atomic mass is 9.86. The van der Waals surface area contributed by atoms with Gasteiger partial charge in [0.25, 0.3) is 0 Å². The van der Waals surface area contributed by atoms with Crippen molar-refractivity contribution in [3.05, 3.63) is 96.0 Å². The third-order valence-electron chi connectivity index (χ3n) is 7.43. The van der Waals surface area contributed by atoms with Gasteiger partial charge < -0.3 is 21.1 Å². The van der Waals surface area contributed by atoms with Crippen LogP contribution in [0.1, 0.15) is 29.8 Å². The van der Waals surface area contributed by atoms with Crippen LogP contribution in [0.2, 0.25) is 0 Å². The summed E-state index contributed by atoms with van der Waals surface area (Å²) in [5.41, 5.74) is 16.5. The van der Waals surface area contributed by atoms with E-state index in [2.05, 4.69) is 24.8 Å². The highest BCUT2D eigenvalue weighted by Gasteiger charge is 2.35. The molecule has 0 saturated carbocycles. The maximum Gasteiger partial charge on any atom is 0.180 e. The lowest BCUT2D eigenvalue weighted by molar-refractivity contribution is 0.345. The summed E-state index contributed by atoms with van der Waals surface area (Å²) in [6, 6.07) is 9.67. The first-order valence-electron chi connectivity index (χ1n) is 12.9. The Kier molecular flexibility index (Phi) is 6.51. The number of halogens is 2. The largest absolute Gasteiger partial charge is 0.494 e. The molecular formula is C29H28F2N8O. The molecule has 5 heterocycles. The van der Waals surface area contributed by atoms with E-state index in [1.54, 1.807) is 37.1 Å². The number of nitrogen functional groups attached to an aromatic ring is 1. The molecule has 1 fully saturated rings. The Morgan fingerprint density at radius 2 is 1.90 bits per heavy atom. The quantitative estimate of drug-likeness (QED) is 0.329. The van der Waals surface area contributed by atoms with Crippen LogP contribution >= 0.6 is 0 Å². The molecule has 6 rings (SSSR count). The molecule has 1 aromatic carbocycles. The topological polar surface area (TPSA) is 120 Å². The number of methoxy groups -OCH3 is 1. The fourth-order valence-corrected chi connectivity index (χ4v) is 5.42. The summed E-state index contributed by atoms with van der Waals surface area (Å²) in [6.45, 7) is 1.28. The summed E-state index contributed by atoms with van der Waals surface area (Å²) in [5.74, 6) is -1.15. The first kappa shape index (κ1) is 25.6. The molecule has 1 saturated heterocycles. The molecule has 0 radical (unpaired) electrons. The molecule has 0 spiro atoms. The molecule has 1 aliphatic rings. The van der Waals surface area contributed by atoms with Gasteiger partial charge in [-0.3, -0.25) is 14.4 Å². The van der Waals surface area contributed by atoms with Crippen LogP contribution in [0.5, 0.6) is 5.75 Å². The number of benzene rings is 1. The van der Waals surface area contributed by atoms with Crippen molar-refractivity contribution in [3.63, 3.8) is 0 Å². The molecule has 9 nitrogen and oxygen atoms in total. The lowest BCUT2D eigenvalue weighted by Gasteiger charge is -2.41. The van der Waals surface area contributed by atoms with E-state index in [1.807, 2.05) is 22.6 Å². The van der Waals surface area contributed by atoms with E-state index in [4.69, 9.17) is 16.2 Å². The maximum atomic E-state index is 15.1. The van der Waals surface area contributed by atoms with E-state index < -0.39 is 17.2 Å². The first-order valence-corrected chi connectivity index (χ1v) is 12.9. The van der Waals surface area contributed by atoms with Gasteiger partial charge in [-0.05, 0) is 42.7 Å². The lowest BCUT2D eigenvalue weighted by Crippen LogP contribution is -2.52. The van der Waals surface area contributed by atoms with Crippen molar-refractivity contribution in [2.24, 2.45) is 5.73 Å². The number of rotatable bonds is 6. The molecule has 4 aromatic heterocycles. The fraction of sp³-hybridized carbons (Fsp3) is 0.241. The van der Waals surface area contributed by atoms with Gasteiger partial charge in [0, 0.05) is 61.6 Å². The van der Waals surface area contributed by atoms with E-state index >= 15 is 4.39 Å². The molecule has 0 aliphatic carbocycles. The van der Waals surface area contributed by atoms with E-state index in [9.17, 15) is 4.39 Å². The molecule has 0 amide bonds. The molecular weight excluding hydrogens is 514 g/mol. The van der Waals surface area contributed by atoms with Gasteiger partial charge in [0.2, 0.25) is 0 Å². The van der Waals surface area contributed by atoms with Crippen molar-refractivity contribution < 1.29 is 13.5 Å². The fourth-order valence-electron chi connectivity index (χ4n) is 5.42. The average Bonchev–Trinajstić information content (AvgIpc) is 3.38. The zero-order chi connectivity index (χ0) is 27.9. The van der Waals surface area contributed by atoms with Crippen LogP contribution in [0.15, 0.2) is 67.4 Å². The number of ether oxygens (including phenoxy) is 1. The maximum absolute atomic E-state index is 15.1. The van der Waals surface area contributed by atoms with Crippen molar-refractivity contribution in [2.45, 2.75) is 24.8 Å². The number of pyridine rings is 2. The zero-order valence-corrected chi connectivity index (χ0v) is 21.9. The number of aromatic nitrogens is 5. The number of hydrogen-bond donors (Lipinski definition) is 2. The van der Waals surface area contributed by atoms with Crippen molar-refractivity contribution in [1.29, 1.82) is 0 Å². The highest BCUT2D eigenvalue weighted by atomic mass is 19.1. The Morgan fingerprint density at radius 3 is 2.70 bits per heavy atom. The molecule has 11 heteroatoms. The molecule has 1 unspecified atom stereocenters. The number of nitrogens with zero attached hydrogens (tertiary/aromatic N) is 6. The van der Waals surface area contributed by atoms with Gasteiger partial charge in [0.05, 0.1) is 35.9 Å². The van der Waals surface area contributed by atoms with Crippen molar-refractivity contribution in [2.75, 3.05) is 30.8 Å². The van der Waals surface area contributed by atoms with E-state index in [-0.39, 0.29) is 11.3 Å². The first-order chi connectivity index (χ1) is 19.4. The van der Waals surface area contributed by atoms with Gasteiger partial charge in [-0.2, -0.15) is 0 Å². The van der Waals surface area contributed by atoms with Crippen molar-refractivity contribution >= 4 is 17.2 Å². The van der Waals surface area contributed by atoms with Crippen LogP contribution in [0.25, 0.3) is 16.9 Å². The summed E-state index contributed by atoms with van der Waals surface area (Å²) in [6.07, 6.45) is 10.7. The molecule has 5 aromatic rings. The van der Waals surface area contributed by atoms with Gasteiger partial charge in [-0.25, -0.2) is 18.7 Å². The van der Waals surface area contributed by atoms with E-state index in [0.717, 1.165) is 54.2 Å². The summed E-state index contributed by atoms with van der Waals surface area (Å²) in [4.78, 5) is 19.8. The monoisotopic (exact) mass is 542 g/mol. The van der Waals surface area contributed by atoms with Gasteiger partial charge >= 0.3 is 0 Å². The predicted molar refractivity (Wildman–Crippen MR) is 148 cm³/mol. The van der Waals surface area contributed by atoms with E-state index in [0.29, 0.717) is 30.1 Å². The van der Waals surface area contributed by atoms with Crippen LogP contribution in [-0.2, 0) is 12.0 Å². The van der Waals surface area contributed by atoms with Crippen LogP contribution in [0.4, 0.5) is 20.3 Å². The van der Waals surface area contributed by atoms with Gasteiger partial charge in [-0.15, -0.1) is 0 Å². The normalized spacial score (nSPS) is 17.4. The highest BCUT2D eigenvalue weighted by Crippen LogP contribution is 2.36. The molecule has 1 aliphatic heterocycles. The summed E-state index contributed by atoms with van der Waals surface area (Å²) < 4.78 is 36.4. The van der Waals surface area contributed by atoms with Crippen LogP contribution in [0, 0.1) is 11.6 Å². The minimum atomic E-state index is -0.671. The van der Waals surface area contributed by atoms with Gasteiger partial charge in [0.15, 0.2) is 23.0 Å². The average molecular weight is 543 g/mol. The summed E-state index contributed by atoms with van der Waals surface area (Å²) in [7, 11) is 1.29. The van der Waals surface area contributed by atoms with Crippen molar-refractivity contribution in [1.82, 2.24) is 24.3 Å². The van der Waals surface area contributed by atoms with E-state index in [1.165, 1.54) is 7.11 Å².